The number of nitrogens with two attached hydrogens (primary N) is 1. The Morgan fingerprint density at radius 2 is 1.88 bits per heavy atom. The van der Waals surface area contributed by atoms with E-state index in [9.17, 15) is 13.2 Å². The molecule has 0 bridgehead atoms. The number of halogens is 4. The second-order valence-corrected chi connectivity index (χ2v) is 4.82. The summed E-state index contributed by atoms with van der Waals surface area (Å²) >= 11 is 5.77. The number of alkyl halides is 3. The number of benzene rings is 1. The summed E-state index contributed by atoms with van der Waals surface area (Å²) in [5.74, 6) is 0.301. The first-order valence-corrected chi connectivity index (χ1v) is 5.72. The van der Waals surface area contributed by atoms with E-state index < -0.39 is 17.8 Å². The molecule has 1 aromatic carbocycles. The monoisotopic (exact) mass is 265 g/mol. The van der Waals surface area contributed by atoms with Gasteiger partial charge in [0.05, 0.1) is 10.6 Å². The third-order valence-electron chi connectivity index (χ3n) is 2.46. The van der Waals surface area contributed by atoms with Gasteiger partial charge < -0.3 is 5.73 Å². The van der Waals surface area contributed by atoms with Crippen molar-refractivity contribution in [1.82, 2.24) is 0 Å². The lowest BCUT2D eigenvalue weighted by Gasteiger charge is -2.18. The Balaban J connectivity index is 3.10. The van der Waals surface area contributed by atoms with E-state index >= 15 is 0 Å². The molecule has 1 atom stereocenters. The standard InChI is InChI=1S/C12H15ClF3N/c1-7(2)6-10(17)8-4-3-5-9(11(8)13)12(14,15)16/h3-5,7,10H,6,17H2,1-2H3/t10-/m1/s1. The number of rotatable bonds is 3. The maximum atomic E-state index is 12.6. The quantitative estimate of drug-likeness (QED) is 0.861. The first kappa shape index (κ1) is 14.3. The molecule has 0 saturated heterocycles. The highest BCUT2D eigenvalue weighted by Crippen LogP contribution is 2.38. The van der Waals surface area contributed by atoms with Crippen LogP contribution in [0.2, 0.25) is 5.02 Å². The Morgan fingerprint density at radius 3 is 2.35 bits per heavy atom. The first-order chi connectivity index (χ1) is 7.73. The summed E-state index contributed by atoms with van der Waals surface area (Å²) < 4.78 is 37.9. The zero-order chi connectivity index (χ0) is 13.2. The van der Waals surface area contributed by atoms with Gasteiger partial charge in [-0.3, -0.25) is 0 Å². The fraction of sp³-hybridized carbons (Fsp3) is 0.500. The average Bonchev–Trinajstić information content (AvgIpc) is 2.14. The Labute approximate surface area is 104 Å². The van der Waals surface area contributed by atoms with Gasteiger partial charge in [0.2, 0.25) is 0 Å². The van der Waals surface area contributed by atoms with Crippen LogP contribution in [0.3, 0.4) is 0 Å². The summed E-state index contributed by atoms with van der Waals surface area (Å²) in [4.78, 5) is 0. The molecule has 0 aromatic heterocycles. The second kappa shape index (κ2) is 5.27. The third kappa shape index (κ3) is 3.61. The van der Waals surface area contributed by atoms with E-state index in [0.717, 1.165) is 6.07 Å². The van der Waals surface area contributed by atoms with Gasteiger partial charge in [0.25, 0.3) is 0 Å². The minimum Gasteiger partial charge on any atom is -0.324 e. The van der Waals surface area contributed by atoms with Crippen molar-refractivity contribution in [3.05, 3.63) is 34.3 Å². The molecule has 17 heavy (non-hydrogen) atoms. The summed E-state index contributed by atoms with van der Waals surface area (Å²) in [5, 5.41) is -0.284. The van der Waals surface area contributed by atoms with Crippen molar-refractivity contribution in [3.8, 4) is 0 Å². The lowest BCUT2D eigenvalue weighted by Crippen LogP contribution is -2.15. The predicted molar refractivity (Wildman–Crippen MR) is 62.8 cm³/mol. The van der Waals surface area contributed by atoms with Crippen LogP contribution in [0.25, 0.3) is 0 Å². The van der Waals surface area contributed by atoms with E-state index in [1.165, 1.54) is 6.07 Å². The molecule has 96 valence electrons. The van der Waals surface area contributed by atoms with E-state index in [4.69, 9.17) is 17.3 Å². The Hall–Kier alpha value is -0.740. The summed E-state index contributed by atoms with van der Waals surface area (Å²) in [5.41, 5.74) is 5.39. The van der Waals surface area contributed by atoms with Crippen LogP contribution < -0.4 is 5.73 Å². The maximum absolute atomic E-state index is 12.6. The molecule has 0 radical (unpaired) electrons. The van der Waals surface area contributed by atoms with E-state index in [-0.39, 0.29) is 5.02 Å². The van der Waals surface area contributed by atoms with Crippen LogP contribution in [-0.2, 0) is 6.18 Å². The van der Waals surface area contributed by atoms with Crippen LogP contribution >= 0.6 is 11.6 Å². The highest BCUT2D eigenvalue weighted by molar-refractivity contribution is 6.32. The zero-order valence-electron chi connectivity index (χ0n) is 9.68. The molecule has 0 heterocycles. The highest BCUT2D eigenvalue weighted by atomic mass is 35.5. The van der Waals surface area contributed by atoms with Crippen LogP contribution in [0.15, 0.2) is 18.2 Å². The molecule has 0 aliphatic heterocycles. The van der Waals surface area contributed by atoms with Crippen LogP contribution in [0, 0.1) is 5.92 Å². The minimum atomic E-state index is -4.44. The topological polar surface area (TPSA) is 26.0 Å². The van der Waals surface area contributed by atoms with Crippen molar-refractivity contribution in [3.63, 3.8) is 0 Å². The number of hydrogen-bond acceptors (Lipinski definition) is 1. The van der Waals surface area contributed by atoms with E-state index in [0.29, 0.717) is 17.9 Å². The minimum absolute atomic E-state index is 0.284. The fourth-order valence-electron chi connectivity index (χ4n) is 1.69. The Morgan fingerprint density at radius 1 is 1.29 bits per heavy atom. The van der Waals surface area contributed by atoms with E-state index in [2.05, 4.69) is 0 Å². The van der Waals surface area contributed by atoms with Crippen LogP contribution in [0.5, 0.6) is 0 Å². The molecule has 0 aliphatic carbocycles. The van der Waals surface area contributed by atoms with Gasteiger partial charge >= 0.3 is 6.18 Å². The molecule has 1 aromatic rings. The molecule has 1 nitrogen and oxygen atoms in total. The molecule has 0 aliphatic rings. The van der Waals surface area contributed by atoms with Crippen molar-refractivity contribution < 1.29 is 13.2 Å². The van der Waals surface area contributed by atoms with Gasteiger partial charge in [0, 0.05) is 6.04 Å². The maximum Gasteiger partial charge on any atom is 0.417 e. The summed E-state index contributed by atoms with van der Waals surface area (Å²) in [6, 6.07) is 3.38. The molecule has 1 rings (SSSR count). The Bertz CT molecular complexity index is 388. The summed E-state index contributed by atoms with van der Waals surface area (Å²) in [6.07, 6.45) is -3.84. The van der Waals surface area contributed by atoms with Gasteiger partial charge in [-0.15, -0.1) is 0 Å². The average molecular weight is 266 g/mol. The molecule has 5 heteroatoms. The van der Waals surface area contributed by atoms with Crippen molar-refractivity contribution in [2.75, 3.05) is 0 Å². The van der Waals surface area contributed by atoms with Gasteiger partial charge in [-0.05, 0) is 24.0 Å². The largest absolute Gasteiger partial charge is 0.417 e. The molecule has 2 N–H and O–H groups in total. The van der Waals surface area contributed by atoms with Crippen molar-refractivity contribution in [1.29, 1.82) is 0 Å². The molecule has 0 saturated carbocycles. The van der Waals surface area contributed by atoms with Gasteiger partial charge in [-0.1, -0.05) is 37.6 Å². The van der Waals surface area contributed by atoms with Crippen LogP contribution in [0.4, 0.5) is 13.2 Å². The van der Waals surface area contributed by atoms with Crippen molar-refractivity contribution in [2.45, 2.75) is 32.5 Å². The first-order valence-electron chi connectivity index (χ1n) is 5.34. The van der Waals surface area contributed by atoms with E-state index in [1.54, 1.807) is 6.07 Å². The molecule has 0 fully saturated rings. The molecular weight excluding hydrogens is 251 g/mol. The summed E-state index contributed by atoms with van der Waals surface area (Å²) in [6.45, 7) is 3.92. The number of hydrogen-bond donors (Lipinski definition) is 1. The van der Waals surface area contributed by atoms with Crippen LogP contribution in [0.1, 0.15) is 37.4 Å². The van der Waals surface area contributed by atoms with Crippen molar-refractivity contribution in [2.24, 2.45) is 11.7 Å². The lowest BCUT2D eigenvalue weighted by atomic mass is 9.96. The Kier molecular flexibility index (Phi) is 4.44. The third-order valence-corrected chi connectivity index (χ3v) is 2.88. The van der Waals surface area contributed by atoms with Gasteiger partial charge in [-0.2, -0.15) is 13.2 Å². The summed E-state index contributed by atoms with van der Waals surface area (Å²) in [7, 11) is 0. The van der Waals surface area contributed by atoms with Gasteiger partial charge in [0.15, 0.2) is 0 Å². The van der Waals surface area contributed by atoms with Crippen molar-refractivity contribution >= 4 is 11.6 Å². The highest BCUT2D eigenvalue weighted by Gasteiger charge is 2.34. The molecular formula is C12H15ClF3N. The normalized spacial score (nSPS) is 14.1. The molecule has 0 spiro atoms. The van der Waals surface area contributed by atoms with Crippen LogP contribution in [-0.4, -0.2) is 0 Å². The smallest absolute Gasteiger partial charge is 0.324 e. The van der Waals surface area contributed by atoms with Gasteiger partial charge in [-0.25, -0.2) is 0 Å². The van der Waals surface area contributed by atoms with Gasteiger partial charge in [0.1, 0.15) is 0 Å². The van der Waals surface area contributed by atoms with E-state index in [1.807, 2.05) is 13.8 Å². The predicted octanol–water partition coefficient (Wildman–Crippen LogP) is 4.40. The second-order valence-electron chi connectivity index (χ2n) is 4.44. The SMILES string of the molecule is CC(C)C[C@@H](N)c1cccc(C(F)(F)F)c1Cl. The lowest BCUT2D eigenvalue weighted by molar-refractivity contribution is -0.137. The zero-order valence-corrected chi connectivity index (χ0v) is 10.4. The molecule has 0 unspecified atom stereocenters. The fourth-order valence-corrected chi connectivity index (χ4v) is 2.06. The molecule has 0 amide bonds.